The summed E-state index contributed by atoms with van der Waals surface area (Å²) in [7, 11) is 0. The molecule has 0 aliphatic carbocycles. The molecule has 86 valence electrons. The van der Waals surface area contributed by atoms with Crippen LogP contribution in [0.4, 0.5) is 0 Å². The van der Waals surface area contributed by atoms with Gasteiger partial charge in [0.25, 0.3) is 0 Å². The molecule has 0 saturated heterocycles. The maximum absolute atomic E-state index is 9.44. The number of hydrogen-bond acceptors (Lipinski definition) is 4. The van der Waals surface area contributed by atoms with Crippen molar-refractivity contribution in [3.05, 3.63) is 46.0 Å². The molecule has 0 spiro atoms. The van der Waals surface area contributed by atoms with Gasteiger partial charge in [0, 0.05) is 15.3 Å². The number of thiophene rings is 3. The fraction of sp³-hybridized carbons (Fsp3) is 0.0769. The summed E-state index contributed by atoms with van der Waals surface area (Å²) in [5.41, 5.74) is 2.23. The fourth-order valence-electron chi connectivity index (χ4n) is 1.79. The van der Waals surface area contributed by atoms with Crippen molar-refractivity contribution in [1.82, 2.24) is 0 Å². The van der Waals surface area contributed by atoms with Crippen LogP contribution in [0, 0.1) is 0 Å². The molecule has 0 radical (unpaired) electrons. The van der Waals surface area contributed by atoms with Crippen LogP contribution in [0.3, 0.4) is 0 Å². The number of rotatable bonds is 3. The van der Waals surface area contributed by atoms with Crippen LogP contribution >= 0.6 is 34.0 Å². The van der Waals surface area contributed by atoms with Gasteiger partial charge in [0.2, 0.25) is 0 Å². The Morgan fingerprint density at radius 1 is 0.941 bits per heavy atom. The molecule has 17 heavy (non-hydrogen) atoms. The van der Waals surface area contributed by atoms with Crippen molar-refractivity contribution >= 4 is 34.0 Å². The standard InChI is InChI=1S/C13H10OS3/c14-7-9-8-17-13(11-4-2-6-16-11)12(9)10-3-1-5-15-10/h1-6,8,14H,7H2. The summed E-state index contributed by atoms with van der Waals surface area (Å²) >= 11 is 5.18. The summed E-state index contributed by atoms with van der Waals surface area (Å²) in [6.45, 7) is 0.106. The molecule has 3 rings (SSSR count). The molecule has 0 fully saturated rings. The van der Waals surface area contributed by atoms with Gasteiger partial charge in [-0.15, -0.1) is 34.0 Å². The molecule has 0 aliphatic heterocycles. The molecule has 3 heterocycles. The predicted octanol–water partition coefficient (Wildman–Crippen LogP) is 4.70. The molecule has 3 aromatic rings. The molecule has 0 atom stereocenters. The van der Waals surface area contributed by atoms with E-state index in [2.05, 4.69) is 40.4 Å². The Morgan fingerprint density at radius 2 is 1.65 bits per heavy atom. The van der Waals surface area contributed by atoms with E-state index in [0.29, 0.717) is 0 Å². The summed E-state index contributed by atoms with van der Waals surface area (Å²) in [4.78, 5) is 3.78. The van der Waals surface area contributed by atoms with Gasteiger partial charge in [0.05, 0.1) is 11.5 Å². The Labute approximate surface area is 112 Å². The molecule has 0 aliphatic rings. The summed E-state index contributed by atoms with van der Waals surface area (Å²) in [6, 6.07) is 8.37. The third-order valence-electron chi connectivity index (χ3n) is 2.55. The largest absolute Gasteiger partial charge is 0.392 e. The van der Waals surface area contributed by atoms with Gasteiger partial charge in [-0.05, 0) is 33.8 Å². The van der Waals surface area contributed by atoms with Gasteiger partial charge < -0.3 is 5.11 Å². The second-order valence-electron chi connectivity index (χ2n) is 3.58. The summed E-state index contributed by atoms with van der Waals surface area (Å²) in [5, 5.41) is 15.7. The monoisotopic (exact) mass is 278 g/mol. The van der Waals surface area contributed by atoms with E-state index in [4.69, 9.17) is 0 Å². The van der Waals surface area contributed by atoms with Gasteiger partial charge in [-0.1, -0.05) is 12.1 Å². The van der Waals surface area contributed by atoms with Gasteiger partial charge in [-0.25, -0.2) is 0 Å². The third-order valence-corrected chi connectivity index (χ3v) is 5.52. The first-order valence-electron chi connectivity index (χ1n) is 5.19. The molecular weight excluding hydrogens is 268 g/mol. The minimum atomic E-state index is 0.106. The van der Waals surface area contributed by atoms with E-state index in [9.17, 15) is 5.11 Å². The predicted molar refractivity (Wildman–Crippen MR) is 76.9 cm³/mol. The van der Waals surface area contributed by atoms with Crippen LogP contribution in [0.2, 0.25) is 0 Å². The zero-order valence-corrected chi connectivity index (χ0v) is 11.4. The molecule has 3 aromatic heterocycles. The van der Waals surface area contributed by atoms with Crippen molar-refractivity contribution in [3.8, 4) is 20.2 Å². The van der Waals surface area contributed by atoms with E-state index in [1.165, 1.54) is 20.2 Å². The Bertz CT molecular complexity index is 591. The Morgan fingerprint density at radius 3 is 2.24 bits per heavy atom. The van der Waals surface area contributed by atoms with Crippen molar-refractivity contribution in [2.75, 3.05) is 0 Å². The van der Waals surface area contributed by atoms with Crippen LogP contribution in [0.25, 0.3) is 20.2 Å². The minimum Gasteiger partial charge on any atom is -0.392 e. The van der Waals surface area contributed by atoms with Crippen LogP contribution in [0.1, 0.15) is 5.56 Å². The van der Waals surface area contributed by atoms with E-state index in [0.717, 1.165) is 5.56 Å². The number of aliphatic hydroxyl groups is 1. The molecule has 0 amide bonds. The van der Waals surface area contributed by atoms with Crippen molar-refractivity contribution in [1.29, 1.82) is 0 Å². The smallest absolute Gasteiger partial charge is 0.0696 e. The quantitative estimate of drug-likeness (QED) is 0.736. The molecule has 1 nitrogen and oxygen atoms in total. The number of aliphatic hydroxyl groups excluding tert-OH is 1. The third kappa shape index (κ3) is 1.98. The van der Waals surface area contributed by atoms with Crippen LogP contribution < -0.4 is 0 Å². The Balaban J connectivity index is 2.20. The van der Waals surface area contributed by atoms with Gasteiger partial charge in [0.15, 0.2) is 0 Å². The maximum Gasteiger partial charge on any atom is 0.0696 e. The summed E-state index contributed by atoms with van der Waals surface area (Å²) < 4.78 is 0. The maximum atomic E-state index is 9.44. The number of hydrogen-bond donors (Lipinski definition) is 1. The fourth-order valence-corrected chi connectivity index (χ4v) is 4.62. The normalized spacial score (nSPS) is 10.9. The van der Waals surface area contributed by atoms with Crippen molar-refractivity contribution in [2.24, 2.45) is 0 Å². The van der Waals surface area contributed by atoms with E-state index in [-0.39, 0.29) is 6.61 Å². The van der Waals surface area contributed by atoms with E-state index in [1.807, 2.05) is 0 Å². The molecule has 4 heteroatoms. The minimum absolute atomic E-state index is 0.106. The first-order chi connectivity index (χ1) is 8.40. The van der Waals surface area contributed by atoms with Crippen molar-refractivity contribution < 1.29 is 5.11 Å². The molecular formula is C13H10OS3. The molecule has 0 saturated carbocycles. The van der Waals surface area contributed by atoms with Crippen LogP contribution in [0.5, 0.6) is 0 Å². The lowest BCUT2D eigenvalue weighted by atomic mass is 10.1. The highest BCUT2D eigenvalue weighted by Gasteiger charge is 2.15. The van der Waals surface area contributed by atoms with Gasteiger partial charge in [-0.2, -0.15) is 0 Å². The molecule has 0 unspecified atom stereocenters. The van der Waals surface area contributed by atoms with Crippen LogP contribution in [0.15, 0.2) is 40.4 Å². The Kier molecular flexibility index (Phi) is 3.11. The Hall–Kier alpha value is -0.940. The SMILES string of the molecule is OCc1csc(-c2cccs2)c1-c1cccs1. The zero-order valence-electron chi connectivity index (χ0n) is 8.92. The van der Waals surface area contributed by atoms with E-state index >= 15 is 0 Å². The average Bonchev–Trinajstić information content (AvgIpc) is 3.09. The first kappa shape index (κ1) is 11.2. The highest BCUT2D eigenvalue weighted by Crippen LogP contribution is 2.43. The summed E-state index contributed by atoms with van der Waals surface area (Å²) in [5.74, 6) is 0. The average molecular weight is 278 g/mol. The van der Waals surface area contributed by atoms with Gasteiger partial charge in [0.1, 0.15) is 0 Å². The lowest BCUT2D eigenvalue weighted by Crippen LogP contribution is -1.83. The van der Waals surface area contributed by atoms with Crippen LogP contribution in [-0.2, 0) is 6.61 Å². The molecule has 0 bridgehead atoms. The zero-order chi connectivity index (χ0) is 11.7. The topological polar surface area (TPSA) is 20.2 Å². The lowest BCUT2D eigenvalue weighted by Gasteiger charge is -2.02. The summed E-state index contributed by atoms with van der Waals surface area (Å²) in [6.07, 6.45) is 0. The van der Waals surface area contributed by atoms with Crippen LogP contribution in [-0.4, -0.2) is 5.11 Å². The van der Waals surface area contributed by atoms with E-state index < -0.39 is 0 Å². The highest BCUT2D eigenvalue weighted by atomic mass is 32.1. The van der Waals surface area contributed by atoms with Gasteiger partial charge in [-0.3, -0.25) is 0 Å². The van der Waals surface area contributed by atoms with E-state index in [1.54, 1.807) is 34.0 Å². The van der Waals surface area contributed by atoms with Crippen molar-refractivity contribution in [3.63, 3.8) is 0 Å². The molecule has 1 N–H and O–H groups in total. The highest BCUT2D eigenvalue weighted by molar-refractivity contribution is 7.21. The van der Waals surface area contributed by atoms with Gasteiger partial charge >= 0.3 is 0 Å². The lowest BCUT2D eigenvalue weighted by molar-refractivity contribution is 0.283. The second-order valence-corrected chi connectivity index (χ2v) is 6.35. The second kappa shape index (κ2) is 4.74. The first-order valence-corrected chi connectivity index (χ1v) is 7.83. The molecule has 0 aromatic carbocycles. The van der Waals surface area contributed by atoms with Crippen molar-refractivity contribution in [2.45, 2.75) is 6.61 Å².